The van der Waals surface area contributed by atoms with E-state index in [0.717, 1.165) is 24.3 Å². The molecule has 0 aliphatic rings. The van der Waals surface area contributed by atoms with Crippen molar-refractivity contribution in [1.29, 1.82) is 0 Å². The third kappa shape index (κ3) is 4.96. The number of ketones is 1. The van der Waals surface area contributed by atoms with Gasteiger partial charge in [-0.15, -0.1) is 0 Å². The summed E-state index contributed by atoms with van der Waals surface area (Å²) in [6.45, 7) is -1.52. The molecule has 0 aliphatic carbocycles. The monoisotopic (exact) mass is 532 g/mol. The number of carbonyl (C=O) groups excluding carboxylic acids is 1. The highest BCUT2D eigenvalue weighted by Gasteiger charge is 2.32. The summed E-state index contributed by atoms with van der Waals surface area (Å²) < 4.78 is 50.3. The van der Waals surface area contributed by atoms with Gasteiger partial charge in [0.05, 0.1) is 15.5 Å². The Morgan fingerprint density at radius 2 is 1.89 bits per heavy atom. The lowest BCUT2D eigenvalue weighted by molar-refractivity contribution is -0.384. The summed E-state index contributed by atoms with van der Waals surface area (Å²) in [5.74, 6) is -1.61. The second-order valence-corrected chi connectivity index (χ2v) is 7.18. The first-order valence-corrected chi connectivity index (χ1v) is 8.85. The minimum Gasteiger partial charge on any atom is -0.371 e. The molecule has 0 spiro atoms. The standard InChI is InChI=1S/C15H7Br2ClF4N2O3/c16-8-4-10(23-5-15(20,21)22)13(24(26)27)12(17)11(8)14(25)7-3-6(19)1-2-9(7)18/h1-4,23H,5H2. The maximum atomic E-state index is 13.4. The summed E-state index contributed by atoms with van der Waals surface area (Å²) in [5.41, 5.74) is -1.79. The molecule has 1 N–H and O–H groups in total. The largest absolute Gasteiger partial charge is 0.405 e. The van der Waals surface area contributed by atoms with E-state index in [9.17, 15) is 32.5 Å². The van der Waals surface area contributed by atoms with Crippen LogP contribution in [0.25, 0.3) is 0 Å². The summed E-state index contributed by atoms with van der Waals surface area (Å²) in [7, 11) is 0. The number of anilines is 1. The number of nitrogens with zero attached hydrogens (tertiary/aromatic N) is 1. The van der Waals surface area contributed by atoms with E-state index in [1.165, 1.54) is 0 Å². The Bertz CT molecular complexity index is 938. The highest BCUT2D eigenvalue weighted by Crippen LogP contribution is 2.42. The average Bonchev–Trinajstić information content (AvgIpc) is 2.53. The summed E-state index contributed by atoms with van der Waals surface area (Å²) >= 11 is 11.8. The van der Waals surface area contributed by atoms with Gasteiger partial charge >= 0.3 is 11.9 Å². The van der Waals surface area contributed by atoms with Crippen LogP contribution in [0.2, 0.25) is 5.02 Å². The number of nitrogens with one attached hydrogen (secondary N) is 1. The van der Waals surface area contributed by atoms with E-state index in [1.54, 1.807) is 0 Å². The second kappa shape index (κ2) is 8.11. The molecule has 0 aromatic heterocycles. The molecule has 0 unspecified atom stereocenters. The summed E-state index contributed by atoms with van der Waals surface area (Å²) in [5, 5.41) is 13.2. The number of halogens is 7. The lowest BCUT2D eigenvalue weighted by Gasteiger charge is -2.14. The van der Waals surface area contributed by atoms with Crippen molar-refractivity contribution < 1.29 is 27.3 Å². The molecule has 0 saturated heterocycles. The van der Waals surface area contributed by atoms with E-state index in [2.05, 4.69) is 31.9 Å². The van der Waals surface area contributed by atoms with Crippen LogP contribution in [0.15, 0.2) is 33.2 Å². The molecule has 27 heavy (non-hydrogen) atoms. The maximum Gasteiger partial charge on any atom is 0.405 e. The Morgan fingerprint density at radius 1 is 1.26 bits per heavy atom. The van der Waals surface area contributed by atoms with Crippen LogP contribution in [-0.2, 0) is 0 Å². The van der Waals surface area contributed by atoms with Crippen molar-refractivity contribution in [3.8, 4) is 0 Å². The van der Waals surface area contributed by atoms with Crippen LogP contribution in [-0.4, -0.2) is 23.4 Å². The first-order chi connectivity index (χ1) is 12.4. The molecule has 0 atom stereocenters. The zero-order valence-corrected chi connectivity index (χ0v) is 16.8. The molecule has 0 bridgehead atoms. The van der Waals surface area contributed by atoms with Crippen LogP contribution in [0.5, 0.6) is 0 Å². The van der Waals surface area contributed by atoms with Gasteiger partial charge < -0.3 is 5.32 Å². The van der Waals surface area contributed by atoms with E-state index in [4.69, 9.17) is 11.6 Å². The van der Waals surface area contributed by atoms with Gasteiger partial charge in [-0.2, -0.15) is 13.2 Å². The smallest absolute Gasteiger partial charge is 0.371 e. The van der Waals surface area contributed by atoms with Crippen LogP contribution in [0.4, 0.5) is 28.9 Å². The first kappa shape index (κ1) is 21.6. The number of rotatable bonds is 5. The van der Waals surface area contributed by atoms with E-state index < -0.39 is 40.6 Å². The fourth-order valence-electron chi connectivity index (χ4n) is 2.13. The van der Waals surface area contributed by atoms with Crippen molar-refractivity contribution in [3.05, 3.63) is 65.3 Å². The molecule has 5 nitrogen and oxygen atoms in total. The average molecular weight is 534 g/mol. The number of hydrogen-bond donors (Lipinski definition) is 1. The predicted octanol–water partition coefficient (Wildman–Crippen LogP) is 6.12. The maximum absolute atomic E-state index is 13.4. The molecule has 0 aliphatic heterocycles. The molecule has 2 rings (SSSR count). The molecule has 0 amide bonds. The van der Waals surface area contributed by atoms with Crippen LogP contribution in [0.1, 0.15) is 15.9 Å². The lowest BCUT2D eigenvalue weighted by Crippen LogP contribution is -2.22. The number of benzene rings is 2. The van der Waals surface area contributed by atoms with Crippen LogP contribution in [0, 0.1) is 15.9 Å². The Hall–Kier alpha value is -1.72. The van der Waals surface area contributed by atoms with Crippen molar-refractivity contribution in [2.75, 3.05) is 11.9 Å². The number of nitro groups is 1. The van der Waals surface area contributed by atoms with Gasteiger partial charge in [-0.3, -0.25) is 14.9 Å². The highest BCUT2D eigenvalue weighted by atomic mass is 79.9. The van der Waals surface area contributed by atoms with Gasteiger partial charge in [-0.1, -0.05) is 11.6 Å². The van der Waals surface area contributed by atoms with Gasteiger partial charge in [0.15, 0.2) is 5.78 Å². The van der Waals surface area contributed by atoms with Crippen molar-refractivity contribution >= 4 is 60.6 Å². The fourth-order valence-corrected chi connectivity index (χ4v) is 3.96. The van der Waals surface area contributed by atoms with Crippen LogP contribution < -0.4 is 5.32 Å². The zero-order valence-electron chi connectivity index (χ0n) is 12.8. The van der Waals surface area contributed by atoms with E-state index in [0.29, 0.717) is 0 Å². The molecular formula is C15H7Br2ClF4N2O3. The van der Waals surface area contributed by atoms with Gasteiger partial charge in [-0.25, -0.2) is 4.39 Å². The topological polar surface area (TPSA) is 72.2 Å². The molecular weight excluding hydrogens is 527 g/mol. The van der Waals surface area contributed by atoms with Crippen LogP contribution >= 0.6 is 43.5 Å². The number of hydrogen-bond acceptors (Lipinski definition) is 4. The summed E-state index contributed by atoms with van der Waals surface area (Å²) in [4.78, 5) is 23.1. The number of nitro benzene ring substituents is 1. The molecule has 0 fully saturated rings. The SMILES string of the molecule is O=C(c1cc(F)ccc1Cl)c1c(Br)cc(NCC(F)(F)F)c([N+](=O)[O-])c1Br. The summed E-state index contributed by atoms with van der Waals surface area (Å²) in [6.07, 6.45) is -4.61. The van der Waals surface area contributed by atoms with Crippen molar-refractivity contribution in [1.82, 2.24) is 0 Å². The van der Waals surface area contributed by atoms with E-state index >= 15 is 0 Å². The van der Waals surface area contributed by atoms with Gasteiger partial charge in [-0.05, 0) is 56.1 Å². The van der Waals surface area contributed by atoms with Crippen LogP contribution in [0.3, 0.4) is 0 Å². The number of alkyl halides is 3. The molecule has 2 aromatic carbocycles. The zero-order chi connectivity index (χ0) is 20.5. The fraction of sp³-hybridized carbons (Fsp3) is 0.133. The van der Waals surface area contributed by atoms with Crippen molar-refractivity contribution in [2.24, 2.45) is 0 Å². The highest BCUT2D eigenvalue weighted by molar-refractivity contribution is 9.11. The first-order valence-electron chi connectivity index (χ1n) is 6.89. The Labute approximate surface area is 171 Å². The molecule has 0 heterocycles. The molecule has 144 valence electrons. The van der Waals surface area contributed by atoms with Crippen molar-refractivity contribution in [2.45, 2.75) is 6.18 Å². The Morgan fingerprint density at radius 3 is 2.44 bits per heavy atom. The quantitative estimate of drug-likeness (QED) is 0.217. The summed E-state index contributed by atoms with van der Waals surface area (Å²) in [6, 6.07) is 3.98. The molecule has 0 radical (unpaired) electrons. The van der Waals surface area contributed by atoms with Gasteiger partial charge in [0.1, 0.15) is 22.5 Å². The van der Waals surface area contributed by atoms with Gasteiger partial charge in [0, 0.05) is 10.0 Å². The van der Waals surface area contributed by atoms with Gasteiger partial charge in [0.2, 0.25) is 0 Å². The minimum absolute atomic E-state index is 0.0463. The third-order valence-electron chi connectivity index (χ3n) is 3.25. The predicted molar refractivity (Wildman–Crippen MR) is 97.9 cm³/mol. The molecule has 12 heteroatoms. The minimum atomic E-state index is -4.61. The van der Waals surface area contributed by atoms with E-state index in [-0.39, 0.29) is 25.1 Å². The third-order valence-corrected chi connectivity index (χ3v) is 4.98. The molecule has 0 saturated carbocycles. The molecule has 2 aromatic rings. The Balaban J connectivity index is 2.61. The van der Waals surface area contributed by atoms with E-state index in [1.807, 2.05) is 5.32 Å². The Kier molecular flexibility index (Phi) is 6.48. The van der Waals surface area contributed by atoms with Gasteiger partial charge in [0.25, 0.3) is 0 Å². The number of carbonyl (C=O) groups is 1. The normalized spacial score (nSPS) is 11.4. The lowest BCUT2D eigenvalue weighted by atomic mass is 10.0. The second-order valence-electron chi connectivity index (χ2n) is 5.12. The van der Waals surface area contributed by atoms with Crippen molar-refractivity contribution in [3.63, 3.8) is 0 Å².